The minimum Gasteiger partial charge on any atom is -0.357 e. The highest BCUT2D eigenvalue weighted by Crippen LogP contribution is 2.22. The van der Waals surface area contributed by atoms with E-state index >= 15 is 0 Å². The summed E-state index contributed by atoms with van der Waals surface area (Å²) in [7, 11) is 1.61. The standard InChI is InChI=1S/C22H27ClN2O2S/c1-3-20(22(27)24-2)25(16-17-8-5-4-6-9-17)21(26)10-7-15-28-19-13-11-18(23)12-14-19/h4-6,8-9,11-14,20H,3,7,10,15-16H2,1-2H3,(H,24,27). The van der Waals surface area contributed by atoms with Crippen LogP contribution in [0.5, 0.6) is 0 Å². The second-order valence-electron chi connectivity index (χ2n) is 6.45. The van der Waals surface area contributed by atoms with Crippen LogP contribution in [0.25, 0.3) is 0 Å². The molecular formula is C22H27ClN2O2S. The van der Waals surface area contributed by atoms with E-state index in [-0.39, 0.29) is 11.8 Å². The molecule has 0 fully saturated rings. The van der Waals surface area contributed by atoms with Crippen LogP contribution in [0, 0.1) is 0 Å². The molecule has 2 amide bonds. The Morgan fingerprint density at radius 2 is 1.79 bits per heavy atom. The summed E-state index contributed by atoms with van der Waals surface area (Å²) in [5.74, 6) is 0.724. The van der Waals surface area contributed by atoms with Gasteiger partial charge in [-0.1, -0.05) is 48.9 Å². The number of amides is 2. The van der Waals surface area contributed by atoms with Crippen molar-refractivity contribution >= 4 is 35.2 Å². The van der Waals surface area contributed by atoms with Crippen molar-refractivity contribution in [3.8, 4) is 0 Å². The number of nitrogens with one attached hydrogen (secondary N) is 1. The summed E-state index contributed by atoms with van der Waals surface area (Å²) in [6.07, 6.45) is 1.75. The fourth-order valence-corrected chi connectivity index (χ4v) is 3.93. The minimum absolute atomic E-state index is 0.0102. The summed E-state index contributed by atoms with van der Waals surface area (Å²) >= 11 is 7.61. The van der Waals surface area contributed by atoms with E-state index in [1.807, 2.05) is 61.5 Å². The second kappa shape index (κ2) is 11.8. The molecule has 2 rings (SSSR count). The molecule has 1 atom stereocenters. The van der Waals surface area contributed by atoms with Gasteiger partial charge < -0.3 is 10.2 Å². The van der Waals surface area contributed by atoms with Crippen LogP contribution in [0.15, 0.2) is 59.5 Å². The molecule has 0 aliphatic carbocycles. The van der Waals surface area contributed by atoms with E-state index < -0.39 is 6.04 Å². The normalized spacial score (nSPS) is 11.7. The molecule has 2 aromatic rings. The SMILES string of the molecule is CCC(C(=O)NC)N(Cc1ccccc1)C(=O)CCCSc1ccc(Cl)cc1. The monoisotopic (exact) mass is 418 g/mol. The lowest BCUT2D eigenvalue weighted by molar-refractivity contribution is -0.141. The number of hydrogen-bond donors (Lipinski definition) is 1. The van der Waals surface area contributed by atoms with Crippen molar-refractivity contribution < 1.29 is 9.59 Å². The lowest BCUT2D eigenvalue weighted by atomic mass is 10.1. The summed E-state index contributed by atoms with van der Waals surface area (Å²) in [6.45, 7) is 2.37. The maximum atomic E-state index is 12.9. The number of likely N-dealkylation sites (N-methyl/N-ethyl adjacent to an activating group) is 1. The molecule has 0 saturated heterocycles. The van der Waals surface area contributed by atoms with Gasteiger partial charge in [0.25, 0.3) is 0 Å². The fourth-order valence-electron chi connectivity index (χ4n) is 2.95. The van der Waals surface area contributed by atoms with Gasteiger partial charge in [0.05, 0.1) is 0 Å². The van der Waals surface area contributed by atoms with Gasteiger partial charge in [0.1, 0.15) is 6.04 Å². The molecular weight excluding hydrogens is 392 g/mol. The van der Waals surface area contributed by atoms with Crippen LogP contribution in [-0.2, 0) is 16.1 Å². The van der Waals surface area contributed by atoms with E-state index in [0.29, 0.717) is 19.4 Å². The van der Waals surface area contributed by atoms with Crippen molar-refractivity contribution in [3.63, 3.8) is 0 Å². The number of carbonyl (C=O) groups excluding carboxylic acids is 2. The topological polar surface area (TPSA) is 49.4 Å². The molecule has 0 spiro atoms. The van der Waals surface area contributed by atoms with Crippen LogP contribution >= 0.6 is 23.4 Å². The zero-order valence-corrected chi connectivity index (χ0v) is 17.9. The third-order valence-corrected chi connectivity index (χ3v) is 5.80. The van der Waals surface area contributed by atoms with Gasteiger partial charge in [-0.05, 0) is 48.4 Å². The molecule has 0 saturated carbocycles. The Labute approximate surface area is 176 Å². The van der Waals surface area contributed by atoms with Gasteiger partial charge in [0.15, 0.2) is 0 Å². The molecule has 0 aliphatic rings. The van der Waals surface area contributed by atoms with E-state index in [1.54, 1.807) is 23.7 Å². The summed E-state index contributed by atoms with van der Waals surface area (Å²) in [5, 5.41) is 3.40. The van der Waals surface area contributed by atoms with Gasteiger partial charge in [-0.15, -0.1) is 11.8 Å². The highest BCUT2D eigenvalue weighted by Gasteiger charge is 2.27. The average Bonchev–Trinajstić information content (AvgIpc) is 2.72. The van der Waals surface area contributed by atoms with Crippen molar-refractivity contribution in [3.05, 3.63) is 65.2 Å². The summed E-state index contributed by atoms with van der Waals surface area (Å²) in [6, 6.07) is 17.0. The molecule has 2 aromatic carbocycles. The van der Waals surface area contributed by atoms with Gasteiger partial charge >= 0.3 is 0 Å². The Hall–Kier alpha value is -1.98. The Bertz CT molecular complexity index is 753. The molecule has 1 N–H and O–H groups in total. The zero-order valence-electron chi connectivity index (χ0n) is 16.4. The van der Waals surface area contributed by atoms with Crippen molar-refractivity contribution in [2.24, 2.45) is 0 Å². The van der Waals surface area contributed by atoms with Gasteiger partial charge in [-0.25, -0.2) is 0 Å². The number of rotatable bonds is 10. The van der Waals surface area contributed by atoms with Crippen molar-refractivity contribution in [1.29, 1.82) is 0 Å². The lowest BCUT2D eigenvalue weighted by Crippen LogP contribution is -2.48. The minimum atomic E-state index is -0.457. The second-order valence-corrected chi connectivity index (χ2v) is 8.06. The first-order valence-electron chi connectivity index (χ1n) is 9.48. The number of thioether (sulfide) groups is 1. The number of benzene rings is 2. The molecule has 0 bridgehead atoms. The Morgan fingerprint density at radius 3 is 2.39 bits per heavy atom. The van der Waals surface area contributed by atoms with Gasteiger partial charge in [0, 0.05) is 29.9 Å². The van der Waals surface area contributed by atoms with Crippen LogP contribution < -0.4 is 5.32 Å². The Balaban J connectivity index is 1.97. The van der Waals surface area contributed by atoms with Crippen LogP contribution in [0.2, 0.25) is 5.02 Å². The summed E-state index contributed by atoms with van der Waals surface area (Å²) < 4.78 is 0. The number of nitrogens with zero attached hydrogens (tertiary/aromatic N) is 1. The van der Waals surface area contributed by atoms with Crippen LogP contribution in [0.4, 0.5) is 0 Å². The van der Waals surface area contributed by atoms with E-state index in [1.165, 1.54) is 0 Å². The van der Waals surface area contributed by atoms with Crippen LogP contribution in [0.3, 0.4) is 0 Å². The first kappa shape index (κ1) is 22.3. The molecule has 0 heterocycles. The van der Waals surface area contributed by atoms with E-state index in [9.17, 15) is 9.59 Å². The first-order chi connectivity index (χ1) is 13.5. The third-order valence-electron chi connectivity index (χ3n) is 4.45. The highest BCUT2D eigenvalue weighted by atomic mass is 35.5. The maximum Gasteiger partial charge on any atom is 0.242 e. The maximum absolute atomic E-state index is 12.9. The Kier molecular flexibility index (Phi) is 9.38. The van der Waals surface area contributed by atoms with Crippen molar-refractivity contribution in [1.82, 2.24) is 10.2 Å². The van der Waals surface area contributed by atoms with Crippen molar-refractivity contribution in [2.45, 2.75) is 43.7 Å². The molecule has 0 aromatic heterocycles. The number of hydrogen-bond acceptors (Lipinski definition) is 3. The zero-order chi connectivity index (χ0) is 20.4. The molecule has 0 radical (unpaired) electrons. The molecule has 0 aliphatic heterocycles. The van der Waals surface area contributed by atoms with Gasteiger partial charge in [-0.2, -0.15) is 0 Å². The predicted molar refractivity (Wildman–Crippen MR) is 117 cm³/mol. The summed E-state index contributed by atoms with van der Waals surface area (Å²) in [5.41, 5.74) is 1.02. The first-order valence-corrected chi connectivity index (χ1v) is 10.8. The number of carbonyl (C=O) groups is 2. The molecule has 4 nitrogen and oxygen atoms in total. The number of halogens is 1. The highest BCUT2D eigenvalue weighted by molar-refractivity contribution is 7.99. The van der Waals surface area contributed by atoms with E-state index in [4.69, 9.17) is 11.6 Å². The average molecular weight is 419 g/mol. The predicted octanol–water partition coefficient (Wildman–Crippen LogP) is 4.77. The van der Waals surface area contributed by atoms with E-state index in [2.05, 4.69) is 5.32 Å². The Morgan fingerprint density at radius 1 is 1.11 bits per heavy atom. The fraction of sp³-hybridized carbons (Fsp3) is 0.364. The quantitative estimate of drug-likeness (QED) is 0.446. The smallest absolute Gasteiger partial charge is 0.242 e. The van der Waals surface area contributed by atoms with Crippen molar-refractivity contribution in [2.75, 3.05) is 12.8 Å². The van der Waals surface area contributed by atoms with Crippen LogP contribution in [-0.4, -0.2) is 35.6 Å². The molecule has 6 heteroatoms. The molecule has 1 unspecified atom stereocenters. The largest absolute Gasteiger partial charge is 0.357 e. The van der Waals surface area contributed by atoms with Gasteiger partial charge in [-0.3, -0.25) is 9.59 Å². The molecule has 28 heavy (non-hydrogen) atoms. The lowest BCUT2D eigenvalue weighted by Gasteiger charge is -2.30. The summed E-state index contributed by atoms with van der Waals surface area (Å²) in [4.78, 5) is 28.1. The third kappa shape index (κ3) is 6.88. The van der Waals surface area contributed by atoms with E-state index in [0.717, 1.165) is 27.7 Å². The molecule has 150 valence electrons. The van der Waals surface area contributed by atoms with Crippen LogP contribution in [0.1, 0.15) is 31.7 Å². The van der Waals surface area contributed by atoms with Gasteiger partial charge in [0.2, 0.25) is 11.8 Å².